The minimum absolute atomic E-state index is 0.131. The highest BCUT2D eigenvalue weighted by molar-refractivity contribution is 8.00. The summed E-state index contributed by atoms with van der Waals surface area (Å²) in [4.78, 5) is 18.3. The fourth-order valence-electron chi connectivity index (χ4n) is 2.14. The Bertz CT molecular complexity index is 913. The molecule has 0 atom stereocenters. The molecule has 0 radical (unpaired) electrons. The molecular formula is C18H13Cl3N2OS2. The molecule has 134 valence electrons. The summed E-state index contributed by atoms with van der Waals surface area (Å²) in [5, 5.41) is 5.22. The van der Waals surface area contributed by atoms with Crippen LogP contribution in [0, 0.1) is 0 Å². The summed E-state index contributed by atoms with van der Waals surface area (Å²) in [5.41, 5.74) is 1.14. The summed E-state index contributed by atoms with van der Waals surface area (Å²) in [6.45, 7) is 0. The molecule has 0 bridgehead atoms. The van der Waals surface area contributed by atoms with Gasteiger partial charge < -0.3 is 5.32 Å². The average Bonchev–Trinajstić information content (AvgIpc) is 3.03. The molecule has 0 unspecified atom stereocenters. The summed E-state index contributed by atoms with van der Waals surface area (Å²) in [6.07, 6.45) is 2.53. The Morgan fingerprint density at radius 2 is 1.81 bits per heavy atom. The van der Waals surface area contributed by atoms with Crippen molar-refractivity contribution in [1.82, 2.24) is 4.98 Å². The Hall–Kier alpha value is -1.24. The van der Waals surface area contributed by atoms with E-state index in [1.807, 2.05) is 24.3 Å². The van der Waals surface area contributed by atoms with Gasteiger partial charge in [-0.15, -0.1) is 23.1 Å². The summed E-state index contributed by atoms with van der Waals surface area (Å²) in [7, 11) is 0. The van der Waals surface area contributed by atoms with Crippen LogP contribution < -0.4 is 5.32 Å². The van der Waals surface area contributed by atoms with Crippen molar-refractivity contribution in [1.29, 1.82) is 0 Å². The fraction of sp³-hybridized carbons (Fsp3) is 0.111. The van der Waals surface area contributed by atoms with E-state index >= 15 is 0 Å². The maximum atomic E-state index is 12.1. The molecule has 0 saturated heterocycles. The summed E-state index contributed by atoms with van der Waals surface area (Å²) in [5.74, 6) is 0.112. The van der Waals surface area contributed by atoms with Crippen molar-refractivity contribution in [3.8, 4) is 0 Å². The number of nitrogens with one attached hydrogen (secondary N) is 1. The molecule has 3 aromatic rings. The number of hydrogen-bond donors (Lipinski definition) is 1. The van der Waals surface area contributed by atoms with Gasteiger partial charge in [0.2, 0.25) is 5.91 Å². The van der Waals surface area contributed by atoms with Gasteiger partial charge in [0.15, 0.2) is 5.13 Å². The smallest absolute Gasteiger partial charge is 0.236 e. The zero-order chi connectivity index (χ0) is 18.5. The molecular weight excluding hydrogens is 431 g/mol. The lowest BCUT2D eigenvalue weighted by Crippen LogP contribution is -2.13. The van der Waals surface area contributed by atoms with Gasteiger partial charge >= 0.3 is 0 Å². The SMILES string of the molecule is O=C(CSc1ccc(Cl)cc1Cl)Nc1ncc(Cc2ccc(Cl)cc2)s1. The van der Waals surface area contributed by atoms with E-state index in [1.54, 1.807) is 24.4 Å². The Kier molecular flexibility index (Phi) is 6.84. The lowest BCUT2D eigenvalue weighted by Gasteiger charge is -2.04. The van der Waals surface area contributed by atoms with Crippen molar-refractivity contribution < 1.29 is 4.79 Å². The van der Waals surface area contributed by atoms with Gasteiger partial charge in [0.25, 0.3) is 0 Å². The molecule has 1 heterocycles. The molecule has 3 rings (SSSR count). The Labute approximate surface area is 174 Å². The lowest BCUT2D eigenvalue weighted by molar-refractivity contribution is -0.113. The van der Waals surface area contributed by atoms with E-state index in [0.717, 1.165) is 21.8 Å². The molecule has 0 fully saturated rings. The van der Waals surface area contributed by atoms with Crippen molar-refractivity contribution in [2.24, 2.45) is 0 Å². The van der Waals surface area contributed by atoms with Crippen LogP contribution in [0.3, 0.4) is 0 Å². The summed E-state index contributed by atoms with van der Waals surface area (Å²) < 4.78 is 0. The van der Waals surface area contributed by atoms with Crippen LogP contribution in [0.2, 0.25) is 15.1 Å². The predicted octanol–water partition coefficient (Wildman–Crippen LogP) is 6.42. The Morgan fingerprint density at radius 3 is 2.54 bits per heavy atom. The predicted molar refractivity (Wildman–Crippen MR) is 112 cm³/mol. The third-order valence-electron chi connectivity index (χ3n) is 3.34. The third kappa shape index (κ3) is 5.63. The number of benzene rings is 2. The molecule has 8 heteroatoms. The van der Waals surface area contributed by atoms with E-state index in [1.165, 1.54) is 23.1 Å². The topological polar surface area (TPSA) is 42.0 Å². The van der Waals surface area contributed by atoms with Crippen LogP contribution in [0.4, 0.5) is 5.13 Å². The van der Waals surface area contributed by atoms with E-state index in [-0.39, 0.29) is 11.7 Å². The summed E-state index contributed by atoms with van der Waals surface area (Å²) >= 11 is 20.7. The number of carbonyl (C=O) groups is 1. The Morgan fingerprint density at radius 1 is 1.08 bits per heavy atom. The molecule has 0 aliphatic heterocycles. The highest BCUT2D eigenvalue weighted by Gasteiger charge is 2.10. The van der Waals surface area contributed by atoms with Gasteiger partial charge in [-0.3, -0.25) is 4.79 Å². The standard InChI is InChI=1S/C18H13Cl3N2OS2/c19-12-3-1-11(2-4-12)7-14-9-22-18(26-14)23-17(24)10-25-16-6-5-13(20)8-15(16)21/h1-6,8-9H,7,10H2,(H,22,23,24). The number of rotatable bonds is 6. The maximum absolute atomic E-state index is 12.1. The molecule has 1 aromatic heterocycles. The second-order valence-electron chi connectivity index (χ2n) is 5.35. The molecule has 0 spiro atoms. The van der Waals surface area contributed by atoms with Crippen molar-refractivity contribution in [3.05, 3.63) is 74.2 Å². The fourth-order valence-corrected chi connectivity index (χ4v) is 4.42. The second kappa shape index (κ2) is 9.11. The average molecular weight is 444 g/mol. The van der Waals surface area contributed by atoms with Gasteiger partial charge in [0.05, 0.1) is 10.8 Å². The number of hydrogen-bond acceptors (Lipinski definition) is 4. The number of amides is 1. The van der Waals surface area contributed by atoms with Gasteiger partial charge in [0, 0.05) is 32.4 Å². The van der Waals surface area contributed by atoms with E-state index in [9.17, 15) is 4.79 Å². The van der Waals surface area contributed by atoms with Crippen LogP contribution >= 0.6 is 57.9 Å². The number of nitrogens with zero attached hydrogens (tertiary/aromatic N) is 1. The van der Waals surface area contributed by atoms with Crippen molar-refractivity contribution in [2.75, 3.05) is 11.1 Å². The highest BCUT2D eigenvalue weighted by atomic mass is 35.5. The monoisotopic (exact) mass is 442 g/mol. The van der Waals surface area contributed by atoms with Crippen LogP contribution in [-0.2, 0) is 11.2 Å². The van der Waals surface area contributed by atoms with Crippen molar-refractivity contribution in [3.63, 3.8) is 0 Å². The first kappa shape index (κ1) is 19.5. The molecule has 1 amide bonds. The van der Waals surface area contributed by atoms with E-state index < -0.39 is 0 Å². The van der Waals surface area contributed by atoms with Crippen molar-refractivity contribution in [2.45, 2.75) is 11.3 Å². The molecule has 1 N–H and O–H groups in total. The zero-order valence-corrected chi connectivity index (χ0v) is 17.2. The van der Waals surface area contributed by atoms with Crippen LogP contribution in [0.5, 0.6) is 0 Å². The maximum Gasteiger partial charge on any atom is 0.236 e. The molecule has 0 aliphatic carbocycles. The summed E-state index contributed by atoms with van der Waals surface area (Å²) in [6, 6.07) is 12.9. The number of halogens is 3. The van der Waals surface area contributed by atoms with Gasteiger partial charge in [-0.1, -0.05) is 46.9 Å². The van der Waals surface area contributed by atoms with Gasteiger partial charge in [-0.05, 0) is 35.9 Å². The number of anilines is 1. The normalized spacial score (nSPS) is 10.7. The Balaban J connectivity index is 1.53. The van der Waals surface area contributed by atoms with Crippen molar-refractivity contribution >= 4 is 68.9 Å². The van der Waals surface area contributed by atoms with E-state index in [4.69, 9.17) is 34.8 Å². The number of thiazole rings is 1. The number of thioether (sulfide) groups is 1. The minimum Gasteiger partial charge on any atom is -0.301 e. The highest BCUT2D eigenvalue weighted by Crippen LogP contribution is 2.30. The van der Waals surface area contributed by atoms with Crippen LogP contribution in [0.1, 0.15) is 10.4 Å². The van der Waals surface area contributed by atoms with Gasteiger partial charge in [-0.2, -0.15) is 0 Å². The lowest BCUT2D eigenvalue weighted by atomic mass is 10.1. The number of carbonyl (C=O) groups excluding carboxylic acids is 1. The van der Waals surface area contributed by atoms with E-state index in [0.29, 0.717) is 20.2 Å². The molecule has 0 aliphatic rings. The van der Waals surface area contributed by atoms with Gasteiger partial charge in [0.1, 0.15) is 0 Å². The first-order chi connectivity index (χ1) is 12.5. The first-order valence-corrected chi connectivity index (χ1v) is 10.5. The van der Waals surface area contributed by atoms with E-state index in [2.05, 4.69) is 10.3 Å². The van der Waals surface area contributed by atoms with Crippen LogP contribution in [-0.4, -0.2) is 16.6 Å². The zero-order valence-electron chi connectivity index (χ0n) is 13.3. The first-order valence-electron chi connectivity index (χ1n) is 7.56. The molecule has 0 saturated carbocycles. The second-order valence-corrected chi connectivity index (χ2v) is 8.76. The molecule has 26 heavy (non-hydrogen) atoms. The third-order valence-corrected chi connectivity index (χ3v) is 6.24. The quantitative estimate of drug-likeness (QED) is 0.447. The largest absolute Gasteiger partial charge is 0.301 e. The molecule has 3 nitrogen and oxygen atoms in total. The van der Waals surface area contributed by atoms with Crippen LogP contribution in [0.25, 0.3) is 0 Å². The number of aromatic nitrogens is 1. The van der Waals surface area contributed by atoms with Crippen LogP contribution in [0.15, 0.2) is 53.6 Å². The molecule has 2 aromatic carbocycles. The minimum atomic E-state index is -0.131. The van der Waals surface area contributed by atoms with Gasteiger partial charge in [-0.25, -0.2) is 4.98 Å².